The lowest BCUT2D eigenvalue weighted by atomic mass is 9.97. The van der Waals surface area contributed by atoms with E-state index in [0.717, 1.165) is 17.7 Å². The molecule has 7 nitrogen and oxygen atoms in total. The number of carbonyl (C=O) groups is 1. The highest BCUT2D eigenvalue weighted by Crippen LogP contribution is 2.34. The fraction of sp³-hybridized carbons (Fsp3) is 0.409. The molecule has 0 radical (unpaired) electrons. The van der Waals surface area contributed by atoms with E-state index in [-0.39, 0.29) is 16.7 Å². The number of carbonyl (C=O) groups excluding carboxylic acids is 1. The molecule has 2 aromatic rings. The molecule has 0 aromatic heterocycles. The predicted octanol–water partition coefficient (Wildman–Crippen LogP) is 3.06. The zero-order valence-electron chi connectivity index (χ0n) is 17.0. The number of ether oxygens (including phenoxy) is 2. The third-order valence-electron chi connectivity index (χ3n) is 5.58. The summed E-state index contributed by atoms with van der Waals surface area (Å²) < 4.78 is 38.5. The Hall–Kier alpha value is -2.58. The summed E-state index contributed by atoms with van der Waals surface area (Å²) in [4.78, 5) is 12.8. The van der Waals surface area contributed by atoms with Gasteiger partial charge in [0.25, 0.3) is 0 Å². The molecule has 0 spiro atoms. The lowest BCUT2D eigenvalue weighted by Gasteiger charge is -2.31. The summed E-state index contributed by atoms with van der Waals surface area (Å²) in [7, 11) is -3.65. The number of amides is 1. The second-order valence-electron chi connectivity index (χ2n) is 7.53. The van der Waals surface area contributed by atoms with E-state index in [9.17, 15) is 13.2 Å². The van der Waals surface area contributed by atoms with Gasteiger partial charge in [-0.05, 0) is 49.1 Å². The van der Waals surface area contributed by atoms with Crippen molar-refractivity contribution in [2.45, 2.75) is 31.1 Å². The van der Waals surface area contributed by atoms with Crippen LogP contribution in [0.25, 0.3) is 0 Å². The van der Waals surface area contributed by atoms with Crippen molar-refractivity contribution in [3.63, 3.8) is 0 Å². The number of hydrogen-bond donors (Lipinski definition) is 1. The van der Waals surface area contributed by atoms with Crippen LogP contribution in [0.2, 0.25) is 0 Å². The van der Waals surface area contributed by atoms with Crippen molar-refractivity contribution < 1.29 is 22.7 Å². The van der Waals surface area contributed by atoms with Crippen LogP contribution < -0.4 is 14.8 Å². The van der Waals surface area contributed by atoms with Crippen LogP contribution in [0, 0.1) is 5.92 Å². The molecule has 0 saturated carbocycles. The molecular weight excluding hydrogens is 404 g/mol. The average Bonchev–Trinajstić information content (AvgIpc) is 2.79. The largest absolute Gasteiger partial charge is 0.486 e. The zero-order chi connectivity index (χ0) is 21.1. The van der Waals surface area contributed by atoms with Crippen LogP contribution in [0.4, 0.5) is 5.69 Å². The fourth-order valence-corrected chi connectivity index (χ4v) is 5.29. The van der Waals surface area contributed by atoms with Crippen molar-refractivity contribution in [2.75, 3.05) is 31.6 Å². The predicted molar refractivity (Wildman–Crippen MR) is 113 cm³/mol. The Labute approximate surface area is 177 Å². The van der Waals surface area contributed by atoms with Gasteiger partial charge in [0.05, 0.1) is 4.90 Å². The Morgan fingerprint density at radius 3 is 2.53 bits per heavy atom. The Morgan fingerprint density at radius 1 is 1.07 bits per heavy atom. The van der Waals surface area contributed by atoms with Crippen molar-refractivity contribution >= 4 is 21.6 Å². The van der Waals surface area contributed by atoms with E-state index in [1.165, 1.54) is 10.4 Å². The van der Waals surface area contributed by atoms with Crippen LogP contribution in [0.15, 0.2) is 47.4 Å². The van der Waals surface area contributed by atoms with E-state index in [1.807, 2.05) is 24.3 Å². The fourth-order valence-electron chi connectivity index (χ4n) is 3.80. The second kappa shape index (κ2) is 8.65. The number of piperidine rings is 1. The van der Waals surface area contributed by atoms with Gasteiger partial charge in [-0.1, -0.05) is 19.1 Å². The monoisotopic (exact) mass is 430 g/mol. The van der Waals surface area contributed by atoms with Gasteiger partial charge >= 0.3 is 0 Å². The van der Waals surface area contributed by atoms with Gasteiger partial charge in [-0.25, -0.2) is 8.42 Å². The molecule has 2 heterocycles. The minimum absolute atomic E-state index is 0.0559. The SMILES string of the molecule is CCc1cccc(NC(=O)C2CCN(S(=O)(=O)c3ccc4c(c3)OCCO4)CC2)c1. The summed E-state index contributed by atoms with van der Waals surface area (Å²) in [6.07, 6.45) is 1.88. The van der Waals surface area contributed by atoms with Crippen LogP contribution in [-0.4, -0.2) is 44.9 Å². The number of nitrogens with one attached hydrogen (secondary N) is 1. The van der Waals surface area contributed by atoms with Gasteiger partial charge in [-0.15, -0.1) is 0 Å². The molecule has 0 unspecified atom stereocenters. The van der Waals surface area contributed by atoms with E-state index in [4.69, 9.17) is 9.47 Å². The first-order valence-electron chi connectivity index (χ1n) is 10.3. The minimum Gasteiger partial charge on any atom is -0.486 e. The highest BCUT2D eigenvalue weighted by atomic mass is 32.2. The summed E-state index contributed by atoms with van der Waals surface area (Å²) in [6, 6.07) is 12.5. The maximum absolute atomic E-state index is 13.0. The standard InChI is InChI=1S/C22H26N2O5S/c1-2-16-4-3-5-18(14-16)23-22(25)17-8-10-24(11-9-17)30(26,27)19-6-7-20-21(15-19)29-13-12-28-20/h3-7,14-15,17H,2,8-13H2,1H3,(H,23,25). The molecule has 0 aliphatic carbocycles. The maximum atomic E-state index is 13.0. The molecule has 0 bridgehead atoms. The van der Waals surface area contributed by atoms with Gasteiger partial charge in [0.15, 0.2) is 11.5 Å². The summed E-state index contributed by atoms with van der Waals surface area (Å²) in [6.45, 7) is 3.54. The first-order chi connectivity index (χ1) is 14.5. The highest BCUT2D eigenvalue weighted by molar-refractivity contribution is 7.89. The molecule has 4 rings (SSSR count). The van der Waals surface area contributed by atoms with Crippen LogP contribution in [0.3, 0.4) is 0 Å². The number of hydrogen-bond acceptors (Lipinski definition) is 5. The van der Waals surface area contributed by atoms with Gasteiger partial charge in [-0.2, -0.15) is 4.31 Å². The number of sulfonamides is 1. The molecule has 1 saturated heterocycles. The minimum atomic E-state index is -3.65. The second-order valence-corrected chi connectivity index (χ2v) is 9.46. The zero-order valence-corrected chi connectivity index (χ0v) is 17.8. The average molecular weight is 431 g/mol. The number of anilines is 1. The Bertz CT molecular complexity index is 1030. The van der Waals surface area contributed by atoms with Gasteiger partial charge in [0, 0.05) is 30.8 Å². The quantitative estimate of drug-likeness (QED) is 0.788. The molecule has 8 heteroatoms. The number of benzene rings is 2. The molecule has 1 N–H and O–H groups in total. The first kappa shape index (κ1) is 20.7. The topological polar surface area (TPSA) is 84.9 Å². The van der Waals surface area contributed by atoms with E-state index >= 15 is 0 Å². The summed E-state index contributed by atoms with van der Waals surface area (Å²) in [5, 5.41) is 2.97. The third kappa shape index (κ3) is 4.29. The van der Waals surface area contributed by atoms with Crippen LogP contribution in [0.5, 0.6) is 11.5 Å². The van der Waals surface area contributed by atoms with Crippen molar-refractivity contribution in [1.29, 1.82) is 0 Å². The lowest BCUT2D eigenvalue weighted by molar-refractivity contribution is -0.120. The van der Waals surface area contributed by atoms with Crippen LogP contribution in [0.1, 0.15) is 25.3 Å². The van der Waals surface area contributed by atoms with E-state index in [0.29, 0.717) is 50.6 Å². The van der Waals surface area contributed by atoms with Crippen molar-refractivity contribution in [3.05, 3.63) is 48.0 Å². The molecule has 2 aromatic carbocycles. The Kier molecular flexibility index (Phi) is 5.97. The van der Waals surface area contributed by atoms with Crippen LogP contribution >= 0.6 is 0 Å². The molecule has 0 atom stereocenters. The maximum Gasteiger partial charge on any atom is 0.243 e. The summed E-state index contributed by atoms with van der Waals surface area (Å²) in [5.41, 5.74) is 1.94. The highest BCUT2D eigenvalue weighted by Gasteiger charge is 2.33. The third-order valence-corrected chi connectivity index (χ3v) is 7.47. The Morgan fingerprint density at radius 2 is 1.80 bits per heavy atom. The molecule has 2 aliphatic heterocycles. The molecular formula is C22H26N2O5S. The summed E-state index contributed by atoms with van der Waals surface area (Å²) in [5.74, 6) is 0.746. The van der Waals surface area contributed by atoms with Gasteiger partial charge in [-0.3, -0.25) is 4.79 Å². The van der Waals surface area contributed by atoms with Gasteiger partial charge in [0.2, 0.25) is 15.9 Å². The van der Waals surface area contributed by atoms with E-state index in [2.05, 4.69) is 12.2 Å². The molecule has 1 fully saturated rings. The van der Waals surface area contributed by atoms with Crippen LogP contribution in [-0.2, 0) is 21.2 Å². The Balaban J connectivity index is 1.39. The smallest absolute Gasteiger partial charge is 0.243 e. The van der Waals surface area contributed by atoms with Gasteiger partial charge < -0.3 is 14.8 Å². The molecule has 30 heavy (non-hydrogen) atoms. The van der Waals surface area contributed by atoms with Crippen molar-refractivity contribution in [3.8, 4) is 11.5 Å². The van der Waals surface area contributed by atoms with Gasteiger partial charge in [0.1, 0.15) is 13.2 Å². The normalized spacial score (nSPS) is 17.5. The van der Waals surface area contributed by atoms with Crippen molar-refractivity contribution in [2.24, 2.45) is 5.92 Å². The lowest BCUT2D eigenvalue weighted by Crippen LogP contribution is -2.41. The first-order valence-corrected chi connectivity index (χ1v) is 11.7. The number of nitrogens with zero attached hydrogens (tertiary/aromatic N) is 1. The number of aryl methyl sites for hydroxylation is 1. The van der Waals surface area contributed by atoms with Crippen molar-refractivity contribution in [1.82, 2.24) is 4.31 Å². The number of rotatable bonds is 5. The number of fused-ring (bicyclic) bond motifs is 1. The molecule has 160 valence electrons. The van der Waals surface area contributed by atoms with E-state index in [1.54, 1.807) is 12.1 Å². The van der Waals surface area contributed by atoms with E-state index < -0.39 is 10.0 Å². The molecule has 1 amide bonds. The molecule has 2 aliphatic rings. The summed E-state index contributed by atoms with van der Waals surface area (Å²) >= 11 is 0.